The zero-order valence-electron chi connectivity index (χ0n) is 10.9. The average molecular weight is 239 g/mol. The molecule has 0 radical (unpaired) electrons. The van der Waals surface area contributed by atoms with Crippen LogP contribution < -0.4 is 10.6 Å². The smallest absolute Gasteiger partial charge is 0.148 e. The van der Waals surface area contributed by atoms with Crippen LogP contribution >= 0.6 is 0 Å². The van der Waals surface area contributed by atoms with E-state index in [2.05, 4.69) is 16.8 Å². The van der Waals surface area contributed by atoms with Gasteiger partial charge in [-0.3, -0.25) is 0 Å². The van der Waals surface area contributed by atoms with E-state index in [1.54, 1.807) is 6.07 Å². The standard InChI is InChI=1S/C11H16FN3.C2H6/c1-14-4-6-15(7-5-14)9-2-3-11(13)10(12)8-9;1-2/h2-3,8H,4-7,13H2,1H3;1-2H3. The fraction of sp³-hybridized carbons (Fsp3) is 0.538. The van der Waals surface area contributed by atoms with Crippen LogP contribution in [-0.2, 0) is 0 Å². The summed E-state index contributed by atoms with van der Waals surface area (Å²) in [6.07, 6.45) is 0. The Hall–Kier alpha value is -1.29. The lowest BCUT2D eigenvalue weighted by molar-refractivity contribution is 0.313. The van der Waals surface area contributed by atoms with E-state index < -0.39 is 0 Å². The van der Waals surface area contributed by atoms with Gasteiger partial charge < -0.3 is 15.5 Å². The second-order valence-electron chi connectivity index (χ2n) is 4.00. The molecule has 1 aliphatic heterocycles. The van der Waals surface area contributed by atoms with Crippen molar-refractivity contribution in [1.29, 1.82) is 0 Å². The third-order valence-electron chi connectivity index (χ3n) is 2.85. The molecule has 0 bridgehead atoms. The molecule has 0 atom stereocenters. The highest BCUT2D eigenvalue weighted by atomic mass is 19.1. The summed E-state index contributed by atoms with van der Waals surface area (Å²) in [6, 6.07) is 5.02. The summed E-state index contributed by atoms with van der Waals surface area (Å²) in [7, 11) is 2.10. The summed E-state index contributed by atoms with van der Waals surface area (Å²) in [6.45, 7) is 7.93. The second-order valence-corrected chi connectivity index (χ2v) is 4.00. The number of rotatable bonds is 1. The van der Waals surface area contributed by atoms with Gasteiger partial charge in [0, 0.05) is 31.9 Å². The first-order valence-corrected chi connectivity index (χ1v) is 6.15. The van der Waals surface area contributed by atoms with E-state index in [4.69, 9.17) is 5.73 Å². The van der Waals surface area contributed by atoms with Gasteiger partial charge in [0.05, 0.1) is 5.69 Å². The summed E-state index contributed by atoms with van der Waals surface area (Å²) in [5.74, 6) is -0.327. The summed E-state index contributed by atoms with van der Waals surface area (Å²) in [4.78, 5) is 4.45. The Bertz CT molecular complexity index is 347. The number of nitrogens with two attached hydrogens (primary N) is 1. The maximum absolute atomic E-state index is 13.2. The second kappa shape index (κ2) is 6.45. The number of anilines is 2. The first-order valence-electron chi connectivity index (χ1n) is 6.15. The molecule has 0 spiro atoms. The minimum absolute atomic E-state index is 0.216. The summed E-state index contributed by atoms with van der Waals surface area (Å²) in [5.41, 5.74) is 6.58. The molecule has 0 saturated carbocycles. The van der Waals surface area contributed by atoms with Gasteiger partial charge in [-0.25, -0.2) is 4.39 Å². The largest absolute Gasteiger partial charge is 0.396 e. The molecule has 1 aromatic rings. The van der Waals surface area contributed by atoms with Gasteiger partial charge in [0.1, 0.15) is 5.82 Å². The highest BCUT2D eigenvalue weighted by Crippen LogP contribution is 2.20. The van der Waals surface area contributed by atoms with E-state index in [1.165, 1.54) is 6.07 Å². The van der Waals surface area contributed by atoms with Crippen molar-refractivity contribution in [2.45, 2.75) is 13.8 Å². The van der Waals surface area contributed by atoms with Crippen molar-refractivity contribution in [2.24, 2.45) is 0 Å². The number of piperazine rings is 1. The highest BCUT2D eigenvalue weighted by Gasteiger charge is 2.14. The first-order chi connectivity index (χ1) is 8.16. The van der Waals surface area contributed by atoms with E-state index in [-0.39, 0.29) is 11.5 Å². The molecular formula is C13H22FN3. The van der Waals surface area contributed by atoms with Crippen LogP contribution in [0.15, 0.2) is 18.2 Å². The Labute approximate surface area is 103 Å². The zero-order valence-corrected chi connectivity index (χ0v) is 10.9. The normalized spacial score (nSPS) is 16.4. The molecule has 2 N–H and O–H groups in total. The van der Waals surface area contributed by atoms with Gasteiger partial charge in [0.25, 0.3) is 0 Å². The molecule has 1 aliphatic rings. The van der Waals surface area contributed by atoms with Gasteiger partial charge in [-0.2, -0.15) is 0 Å². The fourth-order valence-corrected chi connectivity index (χ4v) is 1.78. The molecule has 3 nitrogen and oxygen atoms in total. The summed E-state index contributed by atoms with van der Waals surface area (Å²) >= 11 is 0. The summed E-state index contributed by atoms with van der Waals surface area (Å²) in [5, 5.41) is 0. The molecule has 0 amide bonds. The van der Waals surface area contributed by atoms with Gasteiger partial charge >= 0.3 is 0 Å². The maximum Gasteiger partial charge on any atom is 0.148 e. The zero-order chi connectivity index (χ0) is 12.8. The lowest BCUT2D eigenvalue weighted by atomic mass is 10.2. The molecule has 17 heavy (non-hydrogen) atoms. The lowest BCUT2D eigenvalue weighted by Crippen LogP contribution is -2.44. The van der Waals surface area contributed by atoms with E-state index in [0.717, 1.165) is 31.9 Å². The minimum atomic E-state index is -0.327. The number of hydrogen-bond donors (Lipinski definition) is 1. The quantitative estimate of drug-likeness (QED) is 0.762. The van der Waals surface area contributed by atoms with Crippen molar-refractivity contribution in [2.75, 3.05) is 43.9 Å². The van der Waals surface area contributed by atoms with Gasteiger partial charge in [-0.1, -0.05) is 13.8 Å². The number of benzene rings is 1. The van der Waals surface area contributed by atoms with Crippen molar-refractivity contribution in [1.82, 2.24) is 4.90 Å². The number of nitrogen functional groups attached to an aromatic ring is 1. The van der Waals surface area contributed by atoms with Gasteiger partial charge in [-0.05, 0) is 25.2 Å². The van der Waals surface area contributed by atoms with Crippen molar-refractivity contribution in [3.05, 3.63) is 24.0 Å². The van der Waals surface area contributed by atoms with Crippen LogP contribution in [0.2, 0.25) is 0 Å². The lowest BCUT2D eigenvalue weighted by Gasteiger charge is -2.34. The SMILES string of the molecule is CC.CN1CCN(c2ccc(N)c(F)c2)CC1. The molecule has 96 valence electrons. The van der Waals surface area contributed by atoms with E-state index in [0.29, 0.717) is 0 Å². The average Bonchev–Trinajstić information content (AvgIpc) is 2.36. The third-order valence-corrected chi connectivity index (χ3v) is 2.85. The molecule has 1 heterocycles. The molecule has 0 aromatic heterocycles. The van der Waals surface area contributed by atoms with Crippen molar-refractivity contribution in [3.63, 3.8) is 0 Å². The Morgan fingerprint density at radius 3 is 2.24 bits per heavy atom. The Balaban J connectivity index is 0.000000686. The highest BCUT2D eigenvalue weighted by molar-refractivity contribution is 5.54. The minimum Gasteiger partial charge on any atom is -0.396 e. The number of nitrogens with zero attached hydrogens (tertiary/aromatic N) is 2. The number of hydrogen-bond acceptors (Lipinski definition) is 3. The topological polar surface area (TPSA) is 32.5 Å². The van der Waals surface area contributed by atoms with Crippen LogP contribution in [0.1, 0.15) is 13.8 Å². The Morgan fingerprint density at radius 2 is 1.71 bits per heavy atom. The molecule has 1 aromatic carbocycles. The van der Waals surface area contributed by atoms with Crippen LogP contribution in [0.5, 0.6) is 0 Å². The van der Waals surface area contributed by atoms with Crippen LogP contribution in [-0.4, -0.2) is 38.1 Å². The predicted octanol–water partition coefficient (Wildman–Crippen LogP) is 2.19. The molecule has 0 aliphatic carbocycles. The van der Waals surface area contributed by atoms with E-state index in [1.807, 2.05) is 19.9 Å². The van der Waals surface area contributed by atoms with Crippen molar-refractivity contribution < 1.29 is 4.39 Å². The molecule has 4 heteroatoms. The predicted molar refractivity (Wildman–Crippen MR) is 71.9 cm³/mol. The molecule has 1 saturated heterocycles. The maximum atomic E-state index is 13.2. The van der Waals surface area contributed by atoms with Gasteiger partial charge in [-0.15, -0.1) is 0 Å². The van der Waals surface area contributed by atoms with Gasteiger partial charge in [0.15, 0.2) is 0 Å². The molecule has 0 unspecified atom stereocenters. The third kappa shape index (κ3) is 3.60. The van der Waals surface area contributed by atoms with E-state index in [9.17, 15) is 4.39 Å². The Kier molecular flexibility index (Phi) is 5.22. The number of halogens is 1. The molecule has 2 rings (SSSR count). The van der Waals surface area contributed by atoms with Gasteiger partial charge in [0.2, 0.25) is 0 Å². The fourth-order valence-electron chi connectivity index (χ4n) is 1.78. The first kappa shape index (κ1) is 13.8. The van der Waals surface area contributed by atoms with Crippen molar-refractivity contribution >= 4 is 11.4 Å². The van der Waals surface area contributed by atoms with Crippen LogP contribution in [0.4, 0.5) is 15.8 Å². The molecule has 1 fully saturated rings. The van der Waals surface area contributed by atoms with Crippen LogP contribution in [0.3, 0.4) is 0 Å². The van der Waals surface area contributed by atoms with Crippen molar-refractivity contribution in [3.8, 4) is 0 Å². The molecular weight excluding hydrogens is 217 g/mol. The van der Waals surface area contributed by atoms with E-state index >= 15 is 0 Å². The monoisotopic (exact) mass is 239 g/mol. The van der Waals surface area contributed by atoms with Crippen LogP contribution in [0, 0.1) is 5.82 Å². The number of likely N-dealkylation sites (N-methyl/N-ethyl adjacent to an activating group) is 1. The van der Waals surface area contributed by atoms with Crippen LogP contribution in [0.25, 0.3) is 0 Å². The summed E-state index contributed by atoms with van der Waals surface area (Å²) < 4.78 is 13.2. The Morgan fingerprint density at radius 1 is 1.12 bits per heavy atom.